The largest absolute Gasteiger partial charge is 0.386 e. The van der Waals surface area contributed by atoms with E-state index in [1.165, 1.54) is 0 Å². The Morgan fingerprint density at radius 1 is 1.12 bits per heavy atom. The number of nitrogens with two attached hydrogens (primary N) is 1. The number of imidazole rings is 1. The van der Waals surface area contributed by atoms with Crippen LogP contribution in [0, 0.1) is 5.92 Å². The second kappa shape index (κ2) is 9.96. The molecule has 9 nitrogen and oxygen atoms in total. The fourth-order valence-electron chi connectivity index (χ4n) is 4.07. The molecule has 4 aromatic rings. The quantitative estimate of drug-likeness (QED) is 0.350. The van der Waals surface area contributed by atoms with Crippen LogP contribution in [0.2, 0.25) is 0 Å². The van der Waals surface area contributed by atoms with Crippen molar-refractivity contribution >= 4 is 5.91 Å². The average molecular weight is 460 g/mol. The molecule has 0 radical (unpaired) electrons. The van der Waals surface area contributed by atoms with Gasteiger partial charge in [0.1, 0.15) is 23.3 Å². The number of H-pyrrole nitrogens is 1. The molecule has 2 aromatic carbocycles. The summed E-state index contributed by atoms with van der Waals surface area (Å²) in [5, 5.41) is 24.9. The molecule has 176 valence electrons. The van der Waals surface area contributed by atoms with Crippen LogP contribution >= 0.6 is 0 Å². The molecule has 0 fully saturated rings. The lowest BCUT2D eigenvalue weighted by atomic mass is 9.98. The molecule has 0 bridgehead atoms. The van der Waals surface area contributed by atoms with E-state index >= 15 is 0 Å². The van der Waals surface area contributed by atoms with Gasteiger partial charge in [-0.15, -0.1) is 5.10 Å². The van der Waals surface area contributed by atoms with Gasteiger partial charge in [0.25, 0.3) is 5.91 Å². The lowest BCUT2D eigenvalue weighted by molar-refractivity contribution is 0.0965. The van der Waals surface area contributed by atoms with E-state index in [-0.39, 0.29) is 11.6 Å². The molecular formula is C25H29N7O2. The molecule has 34 heavy (non-hydrogen) atoms. The number of nitrogens with one attached hydrogen (secondary N) is 1. The van der Waals surface area contributed by atoms with Gasteiger partial charge in [-0.3, -0.25) is 4.79 Å². The zero-order valence-electron chi connectivity index (χ0n) is 19.6. The van der Waals surface area contributed by atoms with Crippen LogP contribution in [0.4, 0.5) is 0 Å². The maximum atomic E-state index is 12.4. The molecule has 1 atom stereocenters. The predicted octanol–water partition coefficient (Wildman–Crippen LogP) is 3.52. The van der Waals surface area contributed by atoms with Crippen molar-refractivity contribution in [2.45, 2.75) is 46.3 Å². The van der Waals surface area contributed by atoms with Crippen molar-refractivity contribution in [3.8, 4) is 22.5 Å². The molecule has 2 aromatic heterocycles. The first-order chi connectivity index (χ1) is 16.4. The highest BCUT2D eigenvalue weighted by Crippen LogP contribution is 2.30. The lowest BCUT2D eigenvalue weighted by Crippen LogP contribution is -2.22. The zero-order valence-corrected chi connectivity index (χ0v) is 19.6. The van der Waals surface area contributed by atoms with Gasteiger partial charge in [-0.1, -0.05) is 69.3 Å². The number of aliphatic hydroxyl groups is 1. The molecule has 0 aliphatic heterocycles. The third-order valence-electron chi connectivity index (χ3n) is 5.83. The van der Waals surface area contributed by atoms with Crippen molar-refractivity contribution in [2.24, 2.45) is 11.7 Å². The summed E-state index contributed by atoms with van der Waals surface area (Å²) >= 11 is 0. The first-order valence-electron chi connectivity index (χ1n) is 11.4. The smallest absolute Gasteiger partial charge is 0.267 e. The van der Waals surface area contributed by atoms with Crippen LogP contribution in [0.25, 0.3) is 22.5 Å². The molecule has 0 aliphatic rings. The van der Waals surface area contributed by atoms with Crippen LogP contribution in [0.1, 0.15) is 60.9 Å². The minimum absolute atomic E-state index is 0.0881. The Hall–Kier alpha value is -3.85. The SMILES string of the molecule is CCCc1nc(C(O)C(C)C)c(C(N)=O)n1Cc1ccc(-c2ccccc2-c2nnn[nH]2)cc1. The second-order valence-electron chi connectivity index (χ2n) is 8.64. The van der Waals surface area contributed by atoms with Gasteiger partial charge in [0, 0.05) is 18.5 Å². The number of tetrazole rings is 1. The van der Waals surface area contributed by atoms with Crippen molar-refractivity contribution in [2.75, 3.05) is 0 Å². The number of hydrogen-bond donors (Lipinski definition) is 3. The summed E-state index contributed by atoms with van der Waals surface area (Å²) in [6, 6.07) is 16.0. The van der Waals surface area contributed by atoms with E-state index in [0.717, 1.165) is 34.5 Å². The van der Waals surface area contributed by atoms with Crippen molar-refractivity contribution in [1.82, 2.24) is 30.2 Å². The van der Waals surface area contributed by atoms with Crippen molar-refractivity contribution in [3.05, 3.63) is 71.3 Å². The monoisotopic (exact) mass is 459 g/mol. The standard InChI is InChI=1S/C25H29N7O2/c1-4-7-20-27-21(23(33)15(2)3)22(24(26)34)32(20)14-16-10-12-17(13-11-16)18-8-5-6-9-19(18)25-28-30-31-29-25/h5-6,8-13,15,23,33H,4,7,14H2,1-3H3,(H2,26,34)(H,28,29,30,31). The maximum absolute atomic E-state index is 12.4. The molecule has 9 heteroatoms. The maximum Gasteiger partial charge on any atom is 0.267 e. The number of rotatable bonds is 9. The Kier molecular flexibility index (Phi) is 6.83. The van der Waals surface area contributed by atoms with Crippen LogP contribution in [0.5, 0.6) is 0 Å². The molecular weight excluding hydrogens is 430 g/mol. The lowest BCUT2D eigenvalue weighted by Gasteiger charge is -2.15. The van der Waals surface area contributed by atoms with Gasteiger partial charge < -0.3 is 15.4 Å². The topological polar surface area (TPSA) is 136 Å². The van der Waals surface area contributed by atoms with Crippen LogP contribution in [-0.2, 0) is 13.0 Å². The van der Waals surface area contributed by atoms with E-state index in [1.807, 2.05) is 66.9 Å². The Bertz CT molecular complexity index is 1260. The van der Waals surface area contributed by atoms with Gasteiger partial charge in [-0.2, -0.15) is 0 Å². The summed E-state index contributed by atoms with van der Waals surface area (Å²) in [4.78, 5) is 17.0. The number of aromatic nitrogens is 6. The van der Waals surface area contributed by atoms with Crippen LogP contribution in [0.3, 0.4) is 0 Å². The zero-order chi connectivity index (χ0) is 24.2. The minimum Gasteiger partial charge on any atom is -0.386 e. The number of hydrogen-bond acceptors (Lipinski definition) is 6. The predicted molar refractivity (Wildman–Crippen MR) is 129 cm³/mol. The number of aromatic amines is 1. The number of carbonyl (C=O) groups is 1. The highest BCUT2D eigenvalue weighted by Gasteiger charge is 2.27. The fraction of sp³-hybridized carbons (Fsp3) is 0.320. The van der Waals surface area contributed by atoms with Crippen molar-refractivity contribution in [1.29, 1.82) is 0 Å². The molecule has 2 heterocycles. The van der Waals surface area contributed by atoms with E-state index in [0.29, 0.717) is 24.5 Å². The van der Waals surface area contributed by atoms with Gasteiger partial charge in [0.2, 0.25) is 0 Å². The molecule has 0 aliphatic carbocycles. The summed E-state index contributed by atoms with van der Waals surface area (Å²) in [6.45, 7) is 6.26. The number of benzene rings is 2. The minimum atomic E-state index is -0.858. The molecule has 4 N–H and O–H groups in total. The third-order valence-corrected chi connectivity index (χ3v) is 5.83. The van der Waals surface area contributed by atoms with Crippen LogP contribution < -0.4 is 5.73 Å². The highest BCUT2D eigenvalue weighted by molar-refractivity contribution is 5.92. The normalized spacial score (nSPS) is 12.3. The number of nitrogens with zero attached hydrogens (tertiary/aromatic N) is 5. The summed E-state index contributed by atoms with van der Waals surface area (Å²) in [6.07, 6.45) is 0.685. The Morgan fingerprint density at radius 3 is 2.41 bits per heavy atom. The number of carbonyl (C=O) groups excluding carboxylic acids is 1. The molecule has 1 amide bonds. The third kappa shape index (κ3) is 4.60. The van der Waals surface area contributed by atoms with E-state index < -0.39 is 12.0 Å². The molecule has 0 saturated heterocycles. The molecule has 1 unspecified atom stereocenters. The summed E-state index contributed by atoms with van der Waals surface area (Å²) < 4.78 is 1.84. The van der Waals surface area contributed by atoms with E-state index in [9.17, 15) is 9.90 Å². The van der Waals surface area contributed by atoms with Gasteiger partial charge >= 0.3 is 0 Å². The van der Waals surface area contributed by atoms with Gasteiger partial charge in [0.15, 0.2) is 5.82 Å². The number of aryl methyl sites for hydroxylation is 1. The van der Waals surface area contributed by atoms with Gasteiger partial charge in [0.05, 0.1) is 0 Å². The van der Waals surface area contributed by atoms with Crippen LogP contribution in [-0.4, -0.2) is 41.2 Å². The molecule has 0 spiro atoms. The van der Waals surface area contributed by atoms with Crippen molar-refractivity contribution in [3.63, 3.8) is 0 Å². The van der Waals surface area contributed by atoms with E-state index in [1.54, 1.807) is 0 Å². The summed E-state index contributed by atoms with van der Waals surface area (Å²) in [7, 11) is 0. The summed E-state index contributed by atoms with van der Waals surface area (Å²) in [5.41, 5.74) is 10.3. The molecule has 0 saturated carbocycles. The highest BCUT2D eigenvalue weighted by atomic mass is 16.3. The van der Waals surface area contributed by atoms with E-state index in [4.69, 9.17) is 5.73 Å². The number of primary amides is 1. The van der Waals surface area contributed by atoms with Crippen LogP contribution in [0.15, 0.2) is 48.5 Å². The average Bonchev–Trinajstić information content (AvgIpc) is 3.48. The Morgan fingerprint density at radius 2 is 1.82 bits per heavy atom. The molecule has 4 rings (SSSR count). The number of amides is 1. The first kappa shape index (κ1) is 23.3. The summed E-state index contributed by atoms with van der Waals surface area (Å²) in [5.74, 6) is 0.675. The van der Waals surface area contributed by atoms with Gasteiger partial charge in [-0.05, 0) is 39.5 Å². The Balaban J connectivity index is 1.69. The van der Waals surface area contributed by atoms with Crippen molar-refractivity contribution < 1.29 is 9.90 Å². The first-order valence-corrected chi connectivity index (χ1v) is 11.4. The van der Waals surface area contributed by atoms with Gasteiger partial charge in [-0.25, -0.2) is 10.1 Å². The second-order valence-corrected chi connectivity index (χ2v) is 8.64. The Labute approximate surface area is 198 Å². The number of aliphatic hydroxyl groups excluding tert-OH is 1. The van der Waals surface area contributed by atoms with E-state index in [2.05, 4.69) is 32.5 Å². The fourth-order valence-corrected chi connectivity index (χ4v) is 4.07.